The molecule has 0 radical (unpaired) electrons. The van der Waals surface area contributed by atoms with E-state index in [-0.39, 0.29) is 5.91 Å². The van der Waals surface area contributed by atoms with Gasteiger partial charge in [-0.25, -0.2) is 4.79 Å². The zero-order valence-corrected chi connectivity index (χ0v) is 9.10. The van der Waals surface area contributed by atoms with Crippen molar-refractivity contribution in [1.29, 1.82) is 0 Å². The van der Waals surface area contributed by atoms with Gasteiger partial charge in [-0.1, -0.05) is 0 Å². The van der Waals surface area contributed by atoms with E-state index >= 15 is 0 Å². The highest BCUT2D eigenvalue weighted by molar-refractivity contribution is 6.01. The molecule has 0 saturated heterocycles. The molecule has 1 aliphatic rings. The highest BCUT2D eigenvalue weighted by Gasteiger charge is 2.24. The van der Waals surface area contributed by atoms with Gasteiger partial charge in [0.05, 0.1) is 6.42 Å². The minimum Gasteiger partial charge on any atom is -0.465 e. The lowest BCUT2D eigenvalue weighted by Crippen LogP contribution is -2.23. The van der Waals surface area contributed by atoms with E-state index in [1.165, 1.54) is 7.05 Å². The predicted molar refractivity (Wildman–Crippen MR) is 60.0 cm³/mol. The van der Waals surface area contributed by atoms with E-state index in [1.54, 1.807) is 30.1 Å². The predicted octanol–water partition coefficient (Wildman–Crippen LogP) is 1.32. The van der Waals surface area contributed by atoms with E-state index in [9.17, 15) is 9.59 Å². The summed E-state index contributed by atoms with van der Waals surface area (Å²) in [6.45, 7) is 0. The molecule has 5 nitrogen and oxygen atoms in total. The van der Waals surface area contributed by atoms with E-state index in [0.29, 0.717) is 12.1 Å². The van der Waals surface area contributed by atoms with Gasteiger partial charge in [-0.3, -0.25) is 9.69 Å². The van der Waals surface area contributed by atoms with Crippen molar-refractivity contribution in [3.8, 4) is 0 Å². The van der Waals surface area contributed by atoms with Crippen LogP contribution in [-0.4, -0.2) is 31.2 Å². The first-order chi connectivity index (χ1) is 7.50. The molecular formula is C11H12N2O3. The summed E-state index contributed by atoms with van der Waals surface area (Å²) in [5.41, 5.74) is 2.31. The smallest absolute Gasteiger partial charge is 0.411 e. The highest BCUT2D eigenvalue weighted by atomic mass is 16.4. The van der Waals surface area contributed by atoms with Crippen LogP contribution in [0.25, 0.3) is 0 Å². The van der Waals surface area contributed by atoms with Gasteiger partial charge in [-0.2, -0.15) is 0 Å². The normalized spacial score (nSPS) is 13.9. The summed E-state index contributed by atoms with van der Waals surface area (Å²) in [5.74, 6) is 0.0325. The number of fused-ring (bicyclic) bond motifs is 1. The number of carbonyl (C=O) groups excluding carboxylic acids is 1. The van der Waals surface area contributed by atoms with Crippen molar-refractivity contribution in [1.82, 2.24) is 0 Å². The standard InChI is InChI=1S/C11H12N2O3/c1-12(11(15)16)8-3-4-9-7(5-8)6-10(14)13(9)2/h3-5H,6H2,1-2H3,(H,15,16). The fraction of sp³-hybridized carbons (Fsp3) is 0.273. The number of hydrogen-bond acceptors (Lipinski definition) is 2. The third-order valence-electron chi connectivity index (χ3n) is 2.81. The minimum absolute atomic E-state index is 0.0325. The molecule has 2 amide bonds. The van der Waals surface area contributed by atoms with Gasteiger partial charge in [0.15, 0.2) is 0 Å². The van der Waals surface area contributed by atoms with E-state index < -0.39 is 6.09 Å². The van der Waals surface area contributed by atoms with Crippen LogP contribution in [0.4, 0.5) is 16.2 Å². The molecular weight excluding hydrogens is 208 g/mol. The number of carbonyl (C=O) groups is 2. The van der Waals surface area contributed by atoms with Crippen LogP contribution in [0.15, 0.2) is 18.2 Å². The molecule has 0 aliphatic carbocycles. The third kappa shape index (κ3) is 1.50. The fourth-order valence-corrected chi connectivity index (χ4v) is 1.78. The average Bonchev–Trinajstić information content (AvgIpc) is 2.53. The van der Waals surface area contributed by atoms with Gasteiger partial charge in [0.1, 0.15) is 0 Å². The zero-order chi connectivity index (χ0) is 11.9. The first kappa shape index (κ1) is 10.5. The average molecular weight is 220 g/mol. The van der Waals surface area contributed by atoms with Gasteiger partial charge < -0.3 is 10.0 Å². The van der Waals surface area contributed by atoms with Gasteiger partial charge in [-0.15, -0.1) is 0 Å². The maximum atomic E-state index is 11.4. The molecule has 16 heavy (non-hydrogen) atoms. The summed E-state index contributed by atoms with van der Waals surface area (Å²) < 4.78 is 0. The molecule has 0 unspecified atom stereocenters. The Kier molecular flexibility index (Phi) is 2.30. The van der Waals surface area contributed by atoms with Crippen LogP contribution in [-0.2, 0) is 11.2 Å². The van der Waals surface area contributed by atoms with E-state index in [4.69, 9.17) is 5.11 Å². The summed E-state index contributed by atoms with van der Waals surface area (Å²) >= 11 is 0. The number of nitrogens with zero attached hydrogens (tertiary/aromatic N) is 2. The summed E-state index contributed by atoms with van der Waals surface area (Å²) in [5, 5.41) is 8.84. The summed E-state index contributed by atoms with van der Waals surface area (Å²) in [6, 6.07) is 5.21. The maximum Gasteiger partial charge on any atom is 0.411 e. The SMILES string of the molecule is CN(C(=O)O)c1ccc2c(c1)CC(=O)N2C. The summed E-state index contributed by atoms with van der Waals surface area (Å²) in [4.78, 5) is 24.9. The van der Waals surface area contributed by atoms with E-state index in [0.717, 1.165) is 16.2 Å². The zero-order valence-electron chi connectivity index (χ0n) is 9.10. The summed E-state index contributed by atoms with van der Waals surface area (Å²) in [6.07, 6.45) is -0.676. The third-order valence-corrected chi connectivity index (χ3v) is 2.81. The van der Waals surface area contributed by atoms with E-state index in [2.05, 4.69) is 0 Å². The van der Waals surface area contributed by atoms with Crippen molar-refractivity contribution in [2.24, 2.45) is 0 Å². The topological polar surface area (TPSA) is 60.9 Å². The Labute approximate surface area is 92.9 Å². The van der Waals surface area contributed by atoms with Crippen LogP contribution in [0.3, 0.4) is 0 Å². The van der Waals surface area contributed by atoms with Gasteiger partial charge >= 0.3 is 6.09 Å². The van der Waals surface area contributed by atoms with Gasteiger partial charge in [0.25, 0.3) is 0 Å². The quantitative estimate of drug-likeness (QED) is 0.776. The number of carboxylic acid groups (broad SMARTS) is 1. The minimum atomic E-state index is -1.02. The molecule has 1 N–H and O–H groups in total. The number of hydrogen-bond donors (Lipinski definition) is 1. The number of anilines is 2. The largest absolute Gasteiger partial charge is 0.465 e. The number of rotatable bonds is 1. The lowest BCUT2D eigenvalue weighted by molar-refractivity contribution is -0.117. The second-order valence-electron chi connectivity index (χ2n) is 3.78. The first-order valence-corrected chi connectivity index (χ1v) is 4.87. The summed E-state index contributed by atoms with van der Waals surface area (Å²) in [7, 11) is 3.19. The fourth-order valence-electron chi connectivity index (χ4n) is 1.78. The number of benzene rings is 1. The van der Waals surface area contributed by atoms with Crippen molar-refractivity contribution in [3.05, 3.63) is 23.8 Å². The van der Waals surface area contributed by atoms with Crippen molar-refractivity contribution in [2.75, 3.05) is 23.9 Å². The lowest BCUT2D eigenvalue weighted by Gasteiger charge is -2.15. The van der Waals surface area contributed by atoms with Crippen molar-refractivity contribution < 1.29 is 14.7 Å². The Balaban J connectivity index is 2.39. The molecule has 0 spiro atoms. The van der Waals surface area contributed by atoms with Crippen LogP contribution in [0.1, 0.15) is 5.56 Å². The molecule has 1 aromatic carbocycles. The van der Waals surface area contributed by atoms with Gasteiger partial charge in [-0.05, 0) is 23.8 Å². The Morgan fingerprint density at radius 2 is 2.19 bits per heavy atom. The molecule has 1 heterocycles. The molecule has 0 aromatic heterocycles. The molecule has 0 atom stereocenters. The first-order valence-electron chi connectivity index (χ1n) is 4.87. The lowest BCUT2D eigenvalue weighted by atomic mass is 10.1. The molecule has 84 valence electrons. The van der Waals surface area contributed by atoms with Crippen molar-refractivity contribution >= 4 is 23.4 Å². The Morgan fingerprint density at radius 3 is 2.81 bits per heavy atom. The highest BCUT2D eigenvalue weighted by Crippen LogP contribution is 2.30. The molecule has 1 aliphatic heterocycles. The van der Waals surface area contributed by atoms with Crippen LogP contribution in [0, 0.1) is 0 Å². The molecule has 1 aromatic rings. The Morgan fingerprint density at radius 1 is 1.50 bits per heavy atom. The number of amides is 2. The molecule has 0 saturated carbocycles. The Bertz CT molecular complexity index is 470. The van der Waals surface area contributed by atoms with Crippen LogP contribution in [0.2, 0.25) is 0 Å². The second kappa shape index (κ2) is 3.52. The molecule has 0 bridgehead atoms. The van der Waals surface area contributed by atoms with Crippen molar-refractivity contribution in [3.63, 3.8) is 0 Å². The molecule has 5 heteroatoms. The van der Waals surface area contributed by atoms with Crippen LogP contribution >= 0.6 is 0 Å². The Hall–Kier alpha value is -2.04. The number of likely N-dealkylation sites (N-methyl/N-ethyl adjacent to an activating group) is 1. The van der Waals surface area contributed by atoms with Crippen molar-refractivity contribution in [2.45, 2.75) is 6.42 Å². The van der Waals surface area contributed by atoms with E-state index in [1.807, 2.05) is 0 Å². The second-order valence-corrected chi connectivity index (χ2v) is 3.78. The molecule has 0 fully saturated rings. The maximum absolute atomic E-state index is 11.4. The monoisotopic (exact) mass is 220 g/mol. The van der Waals surface area contributed by atoms with Gasteiger partial charge in [0.2, 0.25) is 5.91 Å². The van der Waals surface area contributed by atoms with Crippen LogP contribution in [0.5, 0.6) is 0 Å². The molecule has 2 rings (SSSR count). The van der Waals surface area contributed by atoms with Crippen LogP contribution < -0.4 is 9.80 Å². The van der Waals surface area contributed by atoms with Gasteiger partial charge in [0, 0.05) is 25.5 Å².